The number of likely N-dealkylation sites (tertiary alicyclic amines) is 1. The van der Waals surface area contributed by atoms with Crippen molar-refractivity contribution in [2.45, 2.75) is 39.2 Å². The number of amides is 2. The van der Waals surface area contributed by atoms with E-state index in [1.807, 2.05) is 13.8 Å². The molecule has 0 saturated carbocycles. The number of rotatable bonds is 4. The number of hydrogen-bond donors (Lipinski definition) is 2. The van der Waals surface area contributed by atoms with Gasteiger partial charge in [-0.1, -0.05) is 0 Å². The van der Waals surface area contributed by atoms with Crippen LogP contribution in [-0.2, 0) is 4.79 Å². The number of nitrogens with zero attached hydrogens (tertiary/aromatic N) is 1. The second-order valence-electron chi connectivity index (χ2n) is 4.64. The topological polar surface area (TPSA) is 69.6 Å². The van der Waals surface area contributed by atoms with Crippen molar-refractivity contribution >= 4 is 12.0 Å². The summed E-state index contributed by atoms with van der Waals surface area (Å²) in [5, 5.41) is 11.4. The van der Waals surface area contributed by atoms with Crippen molar-refractivity contribution in [2.75, 3.05) is 13.1 Å². The van der Waals surface area contributed by atoms with Crippen LogP contribution in [0.15, 0.2) is 0 Å². The molecule has 2 N–H and O–H groups in total. The molecule has 0 spiro atoms. The standard InChI is InChI=1S/C11H20N2O3/c1-8(2)12-11(16)13-6-5-9(7-13)3-4-10(14)15/h8-9H,3-7H2,1-2H3,(H,12,16)(H,14,15). The Morgan fingerprint density at radius 1 is 1.50 bits per heavy atom. The molecule has 5 nitrogen and oxygen atoms in total. The summed E-state index contributed by atoms with van der Waals surface area (Å²) >= 11 is 0. The van der Waals surface area contributed by atoms with Gasteiger partial charge in [-0.2, -0.15) is 0 Å². The molecule has 1 saturated heterocycles. The van der Waals surface area contributed by atoms with Gasteiger partial charge in [0.2, 0.25) is 0 Å². The fourth-order valence-electron chi connectivity index (χ4n) is 1.92. The van der Waals surface area contributed by atoms with Crippen LogP contribution in [-0.4, -0.2) is 41.1 Å². The average molecular weight is 228 g/mol. The lowest BCUT2D eigenvalue weighted by atomic mass is 10.0. The molecule has 0 aliphatic carbocycles. The van der Waals surface area contributed by atoms with Gasteiger partial charge >= 0.3 is 12.0 Å². The van der Waals surface area contributed by atoms with Crippen LogP contribution in [0.2, 0.25) is 0 Å². The van der Waals surface area contributed by atoms with Gasteiger partial charge in [0.1, 0.15) is 0 Å². The van der Waals surface area contributed by atoms with Crippen molar-refractivity contribution in [1.82, 2.24) is 10.2 Å². The van der Waals surface area contributed by atoms with Gasteiger partial charge in [0.05, 0.1) is 0 Å². The summed E-state index contributed by atoms with van der Waals surface area (Å²) < 4.78 is 0. The number of carboxylic acid groups (broad SMARTS) is 1. The molecule has 2 amide bonds. The van der Waals surface area contributed by atoms with Crippen molar-refractivity contribution in [3.05, 3.63) is 0 Å². The molecule has 1 atom stereocenters. The summed E-state index contributed by atoms with van der Waals surface area (Å²) in [6, 6.07) is 0.110. The molecule has 92 valence electrons. The Bertz CT molecular complexity index is 266. The smallest absolute Gasteiger partial charge is 0.317 e. The second kappa shape index (κ2) is 5.72. The maximum atomic E-state index is 11.6. The van der Waals surface area contributed by atoms with Crippen LogP contribution in [0.1, 0.15) is 33.1 Å². The van der Waals surface area contributed by atoms with Crippen molar-refractivity contribution in [1.29, 1.82) is 0 Å². The summed E-state index contributed by atoms with van der Waals surface area (Å²) in [4.78, 5) is 23.8. The molecule has 1 unspecified atom stereocenters. The number of nitrogens with one attached hydrogen (secondary N) is 1. The van der Waals surface area contributed by atoms with Crippen LogP contribution in [0.5, 0.6) is 0 Å². The highest BCUT2D eigenvalue weighted by molar-refractivity contribution is 5.74. The first kappa shape index (κ1) is 12.8. The van der Waals surface area contributed by atoms with E-state index in [-0.39, 0.29) is 18.5 Å². The zero-order chi connectivity index (χ0) is 12.1. The largest absolute Gasteiger partial charge is 0.481 e. The monoisotopic (exact) mass is 228 g/mol. The third kappa shape index (κ3) is 4.08. The number of carboxylic acids is 1. The maximum absolute atomic E-state index is 11.6. The average Bonchev–Trinajstić information content (AvgIpc) is 2.61. The predicted octanol–water partition coefficient (Wildman–Crippen LogP) is 1.29. The molecular weight excluding hydrogens is 208 g/mol. The summed E-state index contributed by atoms with van der Waals surface area (Å²) in [5.74, 6) is -0.418. The first-order valence-electron chi connectivity index (χ1n) is 5.76. The number of aliphatic carboxylic acids is 1. The van der Waals surface area contributed by atoms with Gasteiger partial charge in [-0.25, -0.2) is 4.79 Å². The van der Waals surface area contributed by atoms with Gasteiger partial charge < -0.3 is 15.3 Å². The number of hydrogen-bond acceptors (Lipinski definition) is 2. The van der Waals surface area contributed by atoms with E-state index >= 15 is 0 Å². The van der Waals surface area contributed by atoms with Gasteiger partial charge in [-0.3, -0.25) is 4.79 Å². The normalized spacial score (nSPS) is 20.2. The lowest BCUT2D eigenvalue weighted by Crippen LogP contribution is -2.41. The van der Waals surface area contributed by atoms with Crippen molar-refractivity contribution in [2.24, 2.45) is 5.92 Å². The molecule has 0 bridgehead atoms. The summed E-state index contributed by atoms with van der Waals surface area (Å²) in [5.41, 5.74) is 0. The molecule has 0 aromatic heterocycles. The quantitative estimate of drug-likeness (QED) is 0.761. The molecule has 0 radical (unpaired) electrons. The molecule has 1 heterocycles. The molecule has 1 fully saturated rings. The van der Waals surface area contributed by atoms with Crippen LogP contribution in [0.4, 0.5) is 4.79 Å². The van der Waals surface area contributed by atoms with E-state index in [0.29, 0.717) is 18.9 Å². The molecule has 0 aromatic rings. The van der Waals surface area contributed by atoms with Crippen molar-refractivity contribution in [3.8, 4) is 0 Å². The van der Waals surface area contributed by atoms with E-state index in [1.165, 1.54) is 0 Å². The van der Waals surface area contributed by atoms with Crippen molar-refractivity contribution < 1.29 is 14.7 Å². The molecule has 1 aliphatic rings. The van der Waals surface area contributed by atoms with Crippen LogP contribution < -0.4 is 5.32 Å². The number of carbonyl (C=O) groups is 2. The highest BCUT2D eigenvalue weighted by atomic mass is 16.4. The number of carbonyl (C=O) groups excluding carboxylic acids is 1. The zero-order valence-electron chi connectivity index (χ0n) is 9.90. The minimum atomic E-state index is -0.759. The fourth-order valence-corrected chi connectivity index (χ4v) is 1.92. The highest BCUT2D eigenvalue weighted by Crippen LogP contribution is 2.20. The first-order chi connectivity index (χ1) is 7.49. The molecule has 16 heavy (non-hydrogen) atoms. The molecule has 1 rings (SSSR count). The summed E-state index contributed by atoms with van der Waals surface area (Å²) in [6.07, 6.45) is 1.78. The predicted molar refractivity (Wildman–Crippen MR) is 60.2 cm³/mol. The fraction of sp³-hybridized carbons (Fsp3) is 0.818. The van der Waals surface area contributed by atoms with Crippen LogP contribution in [0, 0.1) is 5.92 Å². The van der Waals surface area contributed by atoms with Gasteiger partial charge in [0.25, 0.3) is 0 Å². The Morgan fingerprint density at radius 3 is 2.75 bits per heavy atom. The Hall–Kier alpha value is -1.26. The third-order valence-electron chi connectivity index (χ3n) is 2.75. The minimum Gasteiger partial charge on any atom is -0.481 e. The second-order valence-corrected chi connectivity index (χ2v) is 4.64. The molecule has 0 aromatic carbocycles. The zero-order valence-corrected chi connectivity index (χ0v) is 9.90. The Balaban J connectivity index is 2.29. The van der Waals surface area contributed by atoms with E-state index in [2.05, 4.69) is 5.32 Å². The Morgan fingerprint density at radius 2 is 2.19 bits per heavy atom. The van der Waals surface area contributed by atoms with Gasteiger partial charge in [0, 0.05) is 25.6 Å². The van der Waals surface area contributed by atoms with Crippen LogP contribution in [0.3, 0.4) is 0 Å². The van der Waals surface area contributed by atoms with E-state index in [1.54, 1.807) is 4.90 Å². The summed E-state index contributed by atoms with van der Waals surface area (Å²) in [7, 11) is 0. The van der Waals surface area contributed by atoms with Gasteiger partial charge in [0.15, 0.2) is 0 Å². The molecular formula is C11H20N2O3. The third-order valence-corrected chi connectivity index (χ3v) is 2.75. The lowest BCUT2D eigenvalue weighted by Gasteiger charge is -2.19. The Labute approximate surface area is 95.8 Å². The van der Waals surface area contributed by atoms with Crippen LogP contribution >= 0.6 is 0 Å². The molecule has 5 heteroatoms. The van der Waals surface area contributed by atoms with Crippen LogP contribution in [0.25, 0.3) is 0 Å². The summed E-state index contributed by atoms with van der Waals surface area (Å²) in [6.45, 7) is 5.28. The minimum absolute atomic E-state index is 0.0344. The number of urea groups is 1. The molecule has 1 aliphatic heterocycles. The van der Waals surface area contributed by atoms with E-state index < -0.39 is 5.97 Å². The lowest BCUT2D eigenvalue weighted by molar-refractivity contribution is -0.137. The van der Waals surface area contributed by atoms with Crippen molar-refractivity contribution in [3.63, 3.8) is 0 Å². The first-order valence-corrected chi connectivity index (χ1v) is 5.76. The van der Waals surface area contributed by atoms with Gasteiger partial charge in [-0.05, 0) is 32.6 Å². The van der Waals surface area contributed by atoms with Gasteiger partial charge in [-0.15, -0.1) is 0 Å². The van der Waals surface area contributed by atoms with E-state index in [9.17, 15) is 9.59 Å². The SMILES string of the molecule is CC(C)NC(=O)N1CCC(CCC(=O)O)C1. The maximum Gasteiger partial charge on any atom is 0.317 e. The Kier molecular flexibility index (Phi) is 4.58. The highest BCUT2D eigenvalue weighted by Gasteiger charge is 2.26. The van der Waals surface area contributed by atoms with E-state index in [0.717, 1.165) is 13.0 Å². The van der Waals surface area contributed by atoms with E-state index in [4.69, 9.17) is 5.11 Å².